The molecule has 2 nitrogen and oxygen atoms in total. The Labute approximate surface area is 108 Å². The maximum Gasteiger partial charge on any atom is 0.479 e. The average Bonchev–Trinajstić information content (AvgIpc) is 2.24. The van der Waals surface area contributed by atoms with Gasteiger partial charge < -0.3 is 4.18 Å². The molecule has 18 heavy (non-hydrogen) atoms. The molecule has 100 valence electrons. The highest BCUT2D eigenvalue weighted by Gasteiger charge is 2.32. The number of halogens is 3. The van der Waals surface area contributed by atoms with Crippen LogP contribution in [0.3, 0.4) is 0 Å². The largest absolute Gasteiger partial charge is 0.479 e. The van der Waals surface area contributed by atoms with Gasteiger partial charge in [0.15, 0.2) is 12.0 Å². The highest BCUT2D eigenvalue weighted by Crippen LogP contribution is 2.31. The van der Waals surface area contributed by atoms with Gasteiger partial charge in [-0.2, -0.15) is 13.2 Å². The quantitative estimate of drug-likeness (QED) is 0.754. The van der Waals surface area contributed by atoms with Gasteiger partial charge in [0, 0.05) is 0 Å². The van der Waals surface area contributed by atoms with Gasteiger partial charge in [-0.15, -0.1) is 0 Å². The highest BCUT2D eigenvalue weighted by molar-refractivity contribution is 7.95. The molecule has 0 N–H and O–H groups in total. The standard InChI is InChI=1S/C12H13F3O2S/c1-11(2,3)9-6-4-8(5-7-9)10(16)17-18-12(13,14)15/h4-7H,1-3H3. The van der Waals surface area contributed by atoms with E-state index in [-0.39, 0.29) is 11.0 Å². The van der Waals surface area contributed by atoms with Gasteiger partial charge in [0.25, 0.3) is 0 Å². The normalized spacial score (nSPS) is 12.3. The van der Waals surface area contributed by atoms with Gasteiger partial charge in [-0.25, -0.2) is 4.79 Å². The van der Waals surface area contributed by atoms with Gasteiger partial charge in [0.2, 0.25) is 0 Å². The van der Waals surface area contributed by atoms with E-state index in [0.29, 0.717) is 0 Å². The van der Waals surface area contributed by atoms with Crippen molar-refractivity contribution in [3.63, 3.8) is 0 Å². The number of carbonyl (C=O) groups is 1. The zero-order chi connectivity index (χ0) is 14.0. The molecule has 0 radical (unpaired) electrons. The van der Waals surface area contributed by atoms with Crippen LogP contribution in [0.2, 0.25) is 0 Å². The minimum atomic E-state index is -4.58. The average molecular weight is 278 g/mol. The predicted molar refractivity (Wildman–Crippen MR) is 64.2 cm³/mol. The molecule has 0 saturated heterocycles. The van der Waals surface area contributed by atoms with Gasteiger partial charge in [-0.3, -0.25) is 0 Å². The Kier molecular flexibility index (Phi) is 4.32. The second kappa shape index (κ2) is 5.22. The molecule has 0 atom stereocenters. The summed E-state index contributed by atoms with van der Waals surface area (Å²) in [6.45, 7) is 6.00. The molecule has 0 aliphatic rings. The van der Waals surface area contributed by atoms with E-state index in [2.05, 4.69) is 4.18 Å². The van der Waals surface area contributed by atoms with E-state index in [1.807, 2.05) is 20.8 Å². The summed E-state index contributed by atoms with van der Waals surface area (Å²) < 4.78 is 39.6. The molecule has 0 aromatic heterocycles. The number of hydrogen-bond donors (Lipinski definition) is 0. The lowest BCUT2D eigenvalue weighted by molar-refractivity contribution is -0.0388. The van der Waals surface area contributed by atoms with Crippen LogP contribution in [-0.4, -0.2) is 11.5 Å². The minimum absolute atomic E-state index is 0.0802. The molecule has 0 amide bonds. The summed E-state index contributed by atoms with van der Waals surface area (Å²) in [6, 6.07) is 6.32. The SMILES string of the molecule is CC(C)(C)c1ccc(C(=O)OSC(F)(F)F)cc1. The second-order valence-corrected chi connectivity index (χ2v) is 5.52. The van der Waals surface area contributed by atoms with Crippen LogP contribution in [0.25, 0.3) is 0 Å². The van der Waals surface area contributed by atoms with Crippen LogP contribution in [0.1, 0.15) is 36.7 Å². The van der Waals surface area contributed by atoms with Crippen molar-refractivity contribution in [3.05, 3.63) is 35.4 Å². The summed E-state index contributed by atoms with van der Waals surface area (Å²) in [6.07, 6.45) is 0. The van der Waals surface area contributed by atoms with E-state index < -0.39 is 23.5 Å². The van der Waals surface area contributed by atoms with Gasteiger partial charge in [-0.1, -0.05) is 32.9 Å². The zero-order valence-electron chi connectivity index (χ0n) is 10.2. The fourth-order valence-corrected chi connectivity index (χ4v) is 1.51. The summed E-state index contributed by atoms with van der Waals surface area (Å²) in [5.41, 5.74) is -3.58. The summed E-state index contributed by atoms with van der Waals surface area (Å²) >= 11 is -0.803. The van der Waals surface area contributed by atoms with Crippen molar-refractivity contribution in [1.29, 1.82) is 0 Å². The van der Waals surface area contributed by atoms with Gasteiger partial charge >= 0.3 is 11.5 Å². The summed E-state index contributed by atoms with van der Waals surface area (Å²) in [4.78, 5) is 11.3. The van der Waals surface area contributed by atoms with Crippen molar-refractivity contribution >= 4 is 18.0 Å². The Morgan fingerprint density at radius 3 is 2.00 bits per heavy atom. The lowest BCUT2D eigenvalue weighted by Gasteiger charge is -2.18. The summed E-state index contributed by atoms with van der Waals surface area (Å²) in [7, 11) is 0. The first-order valence-electron chi connectivity index (χ1n) is 5.17. The maximum atomic E-state index is 11.8. The molecule has 0 unspecified atom stereocenters. The molecule has 1 aromatic carbocycles. The number of benzene rings is 1. The predicted octanol–water partition coefficient (Wildman–Crippen LogP) is 4.31. The highest BCUT2D eigenvalue weighted by atomic mass is 32.2. The third-order valence-electron chi connectivity index (χ3n) is 2.20. The molecule has 6 heteroatoms. The van der Waals surface area contributed by atoms with Crippen molar-refractivity contribution in [1.82, 2.24) is 0 Å². The molecule has 0 spiro atoms. The molecular formula is C12H13F3O2S. The van der Waals surface area contributed by atoms with Crippen LogP contribution in [0.15, 0.2) is 24.3 Å². The summed E-state index contributed by atoms with van der Waals surface area (Å²) in [5.74, 6) is -1.00. The molecule has 1 aromatic rings. The van der Waals surface area contributed by atoms with Crippen molar-refractivity contribution < 1.29 is 22.1 Å². The molecule has 0 aliphatic heterocycles. The van der Waals surface area contributed by atoms with Crippen molar-refractivity contribution in [2.24, 2.45) is 0 Å². The Morgan fingerprint density at radius 2 is 1.61 bits per heavy atom. The Bertz CT molecular complexity index is 418. The lowest BCUT2D eigenvalue weighted by atomic mass is 9.87. The minimum Gasteiger partial charge on any atom is -0.378 e. The van der Waals surface area contributed by atoms with E-state index in [9.17, 15) is 18.0 Å². The Hall–Kier alpha value is -1.17. The maximum absolute atomic E-state index is 11.8. The molecule has 0 bridgehead atoms. The fourth-order valence-electron chi connectivity index (χ4n) is 1.24. The number of rotatable bonds is 2. The molecule has 0 aliphatic carbocycles. The van der Waals surface area contributed by atoms with Gasteiger partial charge in [0.05, 0.1) is 5.56 Å². The lowest BCUT2D eigenvalue weighted by Crippen LogP contribution is -2.12. The first kappa shape index (κ1) is 14.9. The number of alkyl halides is 3. The van der Waals surface area contributed by atoms with E-state index in [4.69, 9.17) is 0 Å². The van der Waals surface area contributed by atoms with Gasteiger partial charge in [0.1, 0.15) is 0 Å². The fraction of sp³-hybridized carbons (Fsp3) is 0.417. The van der Waals surface area contributed by atoms with Crippen LogP contribution in [0.4, 0.5) is 13.2 Å². The van der Waals surface area contributed by atoms with E-state index in [1.165, 1.54) is 12.1 Å². The molecule has 0 fully saturated rings. The third kappa shape index (κ3) is 4.60. The summed E-state index contributed by atoms with van der Waals surface area (Å²) in [5, 5.41) is 0. The molecule has 0 heterocycles. The van der Waals surface area contributed by atoms with Crippen LogP contribution in [-0.2, 0) is 9.60 Å². The van der Waals surface area contributed by atoms with Crippen LogP contribution < -0.4 is 0 Å². The van der Waals surface area contributed by atoms with Crippen molar-refractivity contribution in [3.8, 4) is 0 Å². The number of hydrogen-bond acceptors (Lipinski definition) is 3. The molecule has 0 saturated carbocycles. The van der Waals surface area contributed by atoms with Crippen LogP contribution in [0, 0.1) is 0 Å². The monoisotopic (exact) mass is 278 g/mol. The van der Waals surface area contributed by atoms with E-state index >= 15 is 0 Å². The van der Waals surface area contributed by atoms with Crippen LogP contribution in [0.5, 0.6) is 0 Å². The smallest absolute Gasteiger partial charge is 0.378 e. The third-order valence-corrected chi connectivity index (χ3v) is 2.62. The van der Waals surface area contributed by atoms with Crippen LogP contribution >= 0.6 is 12.0 Å². The molecule has 1 rings (SSSR count). The number of carbonyl (C=O) groups excluding carboxylic acids is 1. The van der Waals surface area contributed by atoms with Gasteiger partial charge in [-0.05, 0) is 23.1 Å². The Balaban J connectivity index is 2.71. The first-order valence-corrected chi connectivity index (χ1v) is 5.91. The molecular weight excluding hydrogens is 265 g/mol. The van der Waals surface area contributed by atoms with E-state index in [1.54, 1.807) is 12.1 Å². The Morgan fingerprint density at radius 1 is 1.11 bits per heavy atom. The van der Waals surface area contributed by atoms with E-state index in [0.717, 1.165) is 5.56 Å². The first-order chi connectivity index (χ1) is 8.09. The van der Waals surface area contributed by atoms with Crippen molar-refractivity contribution in [2.75, 3.05) is 0 Å². The topological polar surface area (TPSA) is 26.3 Å². The second-order valence-electron chi connectivity index (χ2n) is 4.73. The zero-order valence-corrected chi connectivity index (χ0v) is 11.0. The van der Waals surface area contributed by atoms with Crippen molar-refractivity contribution in [2.45, 2.75) is 31.7 Å².